The zero-order chi connectivity index (χ0) is 12.4. The van der Waals surface area contributed by atoms with Crippen LogP contribution in [-0.2, 0) is 4.79 Å². The number of amides is 1. The molecule has 1 heterocycles. The van der Waals surface area contributed by atoms with Gasteiger partial charge in [-0.15, -0.1) is 0 Å². The van der Waals surface area contributed by atoms with Crippen molar-refractivity contribution in [1.82, 2.24) is 0 Å². The minimum atomic E-state index is -0.559. The summed E-state index contributed by atoms with van der Waals surface area (Å²) in [7, 11) is 0. The molecule has 3 nitrogen and oxygen atoms in total. The fourth-order valence-corrected chi connectivity index (χ4v) is 2.43. The highest BCUT2D eigenvalue weighted by atomic mass is 79.9. The fraction of sp³-hybridized carbons (Fsp3) is 0.333. The maximum absolute atomic E-state index is 13.2. The van der Waals surface area contributed by atoms with Crippen molar-refractivity contribution in [1.29, 1.82) is 5.26 Å². The van der Waals surface area contributed by atoms with Crippen LogP contribution >= 0.6 is 15.9 Å². The van der Waals surface area contributed by atoms with Crippen molar-refractivity contribution in [3.63, 3.8) is 0 Å². The number of nitrogens with zero attached hydrogens (tertiary/aromatic N) is 2. The molecule has 1 aromatic carbocycles. The zero-order valence-corrected chi connectivity index (χ0v) is 10.6. The van der Waals surface area contributed by atoms with Gasteiger partial charge < -0.3 is 4.90 Å². The molecule has 0 N–H and O–H groups in total. The topological polar surface area (TPSA) is 44.1 Å². The van der Waals surface area contributed by atoms with Crippen LogP contribution in [0.2, 0.25) is 0 Å². The minimum Gasteiger partial charge on any atom is -0.311 e. The van der Waals surface area contributed by atoms with E-state index in [1.165, 1.54) is 18.2 Å². The van der Waals surface area contributed by atoms with Crippen molar-refractivity contribution in [3.05, 3.63) is 29.6 Å². The summed E-state index contributed by atoms with van der Waals surface area (Å²) in [5.41, 5.74) is 0.545. The highest BCUT2D eigenvalue weighted by Gasteiger charge is 2.27. The lowest BCUT2D eigenvalue weighted by molar-refractivity contribution is -0.118. The molecule has 88 valence electrons. The highest BCUT2D eigenvalue weighted by Crippen LogP contribution is 2.26. The van der Waals surface area contributed by atoms with Crippen LogP contribution in [-0.4, -0.2) is 17.3 Å². The maximum Gasteiger partial charge on any atom is 0.240 e. The molecule has 0 radical (unpaired) electrons. The van der Waals surface area contributed by atoms with Crippen molar-refractivity contribution in [2.75, 3.05) is 11.4 Å². The monoisotopic (exact) mass is 296 g/mol. The Morgan fingerprint density at radius 2 is 2.29 bits per heavy atom. The van der Waals surface area contributed by atoms with Gasteiger partial charge in [0.1, 0.15) is 11.9 Å². The van der Waals surface area contributed by atoms with E-state index in [4.69, 9.17) is 5.26 Å². The Labute approximate surface area is 107 Å². The Hall–Kier alpha value is -1.41. The van der Waals surface area contributed by atoms with Crippen LogP contribution in [0, 0.1) is 17.1 Å². The summed E-state index contributed by atoms with van der Waals surface area (Å²) in [4.78, 5) is 13.3. The second-order valence-electron chi connectivity index (χ2n) is 3.88. The molecule has 1 aromatic rings. The molecule has 1 saturated heterocycles. The first-order chi connectivity index (χ1) is 8.13. The quantitative estimate of drug-likeness (QED) is 0.748. The van der Waals surface area contributed by atoms with Crippen molar-refractivity contribution in [2.45, 2.75) is 17.7 Å². The minimum absolute atomic E-state index is 0.0352. The molecule has 0 spiro atoms. The van der Waals surface area contributed by atoms with Gasteiger partial charge in [-0.1, -0.05) is 15.9 Å². The molecule has 1 aliphatic heterocycles. The van der Waals surface area contributed by atoms with Crippen LogP contribution in [0.5, 0.6) is 0 Å². The van der Waals surface area contributed by atoms with Crippen molar-refractivity contribution in [3.8, 4) is 6.07 Å². The number of anilines is 1. The van der Waals surface area contributed by atoms with Crippen molar-refractivity contribution >= 4 is 27.5 Å². The second-order valence-corrected chi connectivity index (χ2v) is 4.98. The zero-order valence-electron chi connectivity index (χ0n) is 8.99. The third-order valence-electron chi connectivity index (χ3n) is 2.76. The van der Waals surface area contributed by atoms with E-state index in [1.54, 1.807) is 11.0 Å². The maximum atomic E-state index is 13.2. The fourth-order valence-electron chi connectivity index (χ4n) is 1.85. The molecule has 2 rings (SSSR count). The average molecular weight is 297 g/mol. The number of nitriles is 1. The third-order valence-corrected chi connectivity index (χ3v) is 3.60. The number of alkyl halides is 1. The molecule has 0 bridgehead atoms. The molecule has 1 aliphatic rings. The SMILES string of the molecule is N#Cc1cc(N2CCCC(Br)C2=O)ccc1F. The van der Waals surface area contributed by atoms with Gasteiger partial charge in [-0.25, -0.2) is 4.39 Å². The number of carbonyl (C=O) groups is 1. The van der Waals surface area contributed by atoms with Crippen LogP contribution in [0.3, 0.4) is 0 Å². The van der Waals surface area contributed by atoms with E-state index in [-0.39, 0.29) is 16.3 Å². The highest BCUT2D eigenvalue weighted by molar-refractivity contribution is 9.10. The lowest BCUT2D eigenvalue weighted by Crippen LogP contribution is -2.41. The first kappa shape index (κ1) is 12.1. The van der Waals surface area contributed by atoms with Crippen LogP contribution in [0.1, 0.15) is 18.4 Å². The predicted octanol–water partition coefficient (Wildman–Crippen LogP) is 2.59. The normalized spacial score (nSPS) is 20.2. The first-order valence-electron chi connectivity index (χ1n) is 5.28. The molecule has 1 fully saturated rings. The summed E-state index contributed by atoms with van der Waals surface area (Å²) in [6.07, 6.45) is 1.70. The van der Waals surface area contributed by atoms with Gasteiger partial charge in [0.05, 0.1) is 10.4 Å². The number of carbonyl (C=O) groups excluding carboxylic acids is 1. The number of hydrogen-bond acceptors (Lipinski definition) is 2. The Morgan fingerprint density at radius 1 is 1.53 bits per heavy atom. The summed E-state index contributed by atoms with van der Waals surface area (Å²) >= 11 is 3.31. The molecule has 0 saturated carbocycles. The van der Waals surface area contributed by atoms with Crippen LogP contribution in [0.15, 0.2) is 18.2 Å². The van der Waals surface area contributed by atoms with E-state index in [2.05, 4.69) is 15.9 Å². The molecule has 0 aliphatic carbocycles. The van der Waals surface area contributed by atoms with Gasteiger partial charge in [0.25, 0.3) is 0 Å². The standard InChI is InChI=1S/C12H10BrFN2O/c13-10-2-1-5-16(12(10)17)9-3-4-11(14)8(6-9)7-15/h3-4,6,10H,1-2,5H2. The van der Waals surface area contributed by atoms with Crippen molar-refractivity contribution in [2.24, 2.45) is 0 Å². The van der Waals surface area contributed by atoms with Gasteiger partial charge >= 0.3 is 0 Å². The largest absolute Gasteiger partial charge is 0.311 e. The summed E-state index contributed by atoms with van der Waals surface area (Å²) in [5.74, 6) is -0.595. The van der Waals surface area contributed by atoms with E-state index in [1.807, 2.05) is 0 Å². The summed E-state index contributed by atoms with van der Waals surface area (Å²) in [6, 6.07) is 5.94. The molecule has 1 atom stereocenters. The molecular weight excluding hydrogens is 287 g/mol. The smallest absolute Gasteiger partial charge is 0.240 e. The third kappa shape index (κ3) is 2.32. The van der Waals surface area contributed by atoms with Gasteiger partial charge in [-0.3, -0.25) is 4.79 Å². The summed E-state index contributed by atoms with van der Waals surface area (Å²) < 4.78 is 13.2. The number of benzene rings is 1. The Balaban J connectivity index is 2.34. The van der Waals surface area contributed by atoms with Crippen LogP contribution in [0.25, 0.3) is 0 Å². The molecular formula is C12H10BrFN2O. The molecule has 5 heteroatoms. The van der Waals surface area contributed by atoms with Gasteiger partial charge in [-0.05, 0) is 31.0 Å². The van der Waals surface area contributed by atoms with Crippen molar-refractivity contribution < 1.29 is 9.18 Å². The number of halogens is 2. The molecule has 1 amide bonds. The van der Waals surface area contributed by atoms with Crippen LogP contribution < -0.4 is 4.90 Å². The average Bonchev–Trinajstić information content (AvgIpc) is 2.34. The van der Waals surface area contributed by atoms with E-state index >= 15 is 0 Å². The Morgan fingerprint density at radius 3 is 3.00 bits per heavy atom. The van der Waals surface area contributed by atoms with Gasteiger partial charge in [0.15, 0.2) is 0 Å². The van der Waals surface area contributed by atoms with Crippen LogP contribution in [0.4, 0.5) is 10.1 Å². The summed E-state index contributed by atoms with van der Waals surface area (Å²) in [5, 5.41) is 8.76. The van der Waals surface area contributed by atoms with E-state index in [9.17, 15) is 9.18 Å². The first-order valence-corrected chi connectivity index (χ1v) is 6.20. The molecule has 0 aromatic heterocycles. The van der Waals surface area contributed by atoms with E-state index < -0.39 is 5.82 Å². The van der Waals surface area contributed by atoms with Gasteiger partial charge in [0, 0.05) is 12.2 Å². The number of rotatable bonds is 1. The second kappa shape index (κ2) is 4.84. The lowest BCUT2D eigenvalue weighted by atomic mass is 10.1. The Bertz CT molecular complexity index is 498. The predicted molar refractivity (Wildman–Crippen MR) is 65.4 cm³/mol. The van der Waals surface area contributed by atoms with E-state index in [0.29, 0.717) is 12.2 Å². The lowest BCUT2D eigenvalue weighted by Gasteiger charge is -2.29. The van der Waals surface area contributed by atoms with E-state index in [0.717, 1.165) is 12.8 Å². The number of piperidine rings is 1. The number of hydrogen-bond donors (Lipinski definition) is 0. The van der Waals surface area contributed by atoms with Gasteiger partial charge in [0.2, 0.25) is 5.91 Å². The summed E-state index contributed by atoms with van der Waals surface area (Å²) in [6.45, 7) is 0.609. The Kier molecular flexibility index (Phi) is 3.43. The van der Waals surface area contributed by atoms with Gasteiger partial charge in [-0.2, -0.15) is 5.26 Å². The molecule has 1 unspecified atom stereocenters. The molecule has 17 heavy (non-hydrogen) atoms.